The lowest BCUT2D eigenvalue weighted by Crippen LogP contribution is -2.59. The summed E-state index contributed by atoms with van der Waals surface area (Å²) in [6.07, 6.45) is -5.13. The Balaban J connectivity index is 3.02. The van der Waals surface area contributed by atoms with E-state index in [4.69, 9.17) is 18.9 Å². The lowest BCUT2D eigenvalue weighted by molar-refractivity contribution is -0.221. The molecule has 0 aliphatic carbocycles. The molecule has 1 fully saturated rings. The lowest BCUT2D eigenvalue weighted by Gasteiger charge is -2.41. The summed E-state index contributed by atoms with van der Waals surface area (Å²) in [6.45, 7) is 5.08. The van der Waals surface area contributed by atoms with E-state index in [1.54, 1.807) is 0 Å². The maximum atomic E-state index is 14.6. The quantitative estimate of drug-likeness (QED) is 0.521. The van der Waals surface area contributed by atoms with Crippen LogP contribution in [0.25, 0.3) is 0 Å². The summed E-state index contributed by atoms with van der Waals surface area (Å²) < 4.78 is 35.1. The predicted molar refractivity (Wildman–Crippen MR) is 79.4 cm³/mol. The molecule has 0 aromatic carbocycles. The molecule has 0 unspecified atom stereocenters. The molecule has 9 heteroatoms. The number of halogens is 1. The third kappa shape index (κ3) is 5.98. The van der Waals surface area contributed by atoms with E-state index < -0.39 is 47.8 Å². The van der Waals surface area contributed by atoms with Crippen LogP contribution in [0.1, 0.15) is 27.7 Å². The fourth-order valence-electron chi connectivity index (χ4n) is 2.16. The van der Waals surface area contributed by atoms with Gasteiger partial charge in [-0.2, -0.15) is 0 Å². The highest BCUT2D eigenvalue weighted by Gasteiger charge is 2.50. The fourth-order valence-corrected chi connectivity index (χ4v) is 3.05. The van der Waals surface area contributed by atoms with Crippen LogP contribution in [0.4, 0.5) is 4.39 Å². The molecular weight excluding hydrogens is 331 g/mol. The smallest absolute Gasteiger partial charge is 0.303 e. The minimum Gasteiger partial charge on any atom is -0.463 e. The van der Waals surface area contributed by atoms with Crippen molar-refractivity contribution in [3.05, 3.63) is 0 Å². The van der Waals surface area contributed by atoms with E-state index in [9.17, 15) is 18.8 Å². The third-order valence-electron chi connectivity index (χ3n) is 2.96. The van der Waals surface area contributed by atoms with Gasteiger partial charge in [-0.3, -0.25) is 14.4 Å². The van der Waals surface area contributed by atoms with E-state index >= 15 is 0 Å². The molecular formula is C14H21FO7S. The zero-order valence-corrected chi connectivity index (χ0v) is 14.3. The summed E-state index contributed by atoms with van der Waals surface area (Å²) >= 11 is 1.18. The van der Waals surface area contributed by atoms with Crippen LogP contribution >= 0.6 is 11.8 Å². The van der Waals surface area contributed by atoms with Gasteiger partial charge in [0.25, 0.3) is 0 Å². The van der Waals surface area contributed by atoms with Gasteiger partial charge in [0.15, 0.2) is 18.4 Å². The highest BCUT2D eigenvalue weighted by atomic mass is 32.2. The molecule has 1 heterocycles. The second-order valence-electron chi connectivity index (χ2n) is 4.89. The number of ether oxygens (including phenoxy) is 4. The summed E-state index contributed by atoms with van der Waals surface area (Å²) in [5.74, 6) is -1.38. The molecule has 1 aliphatic rings. The van der Waals surface area contributed by atoms with Gasteiger partial charge in [-0.05, 0) is 5.75 Å². The monoisotopic (exact) mass is 352 g/mol. The largest absolute Gasteiger partial charge is 0.463 e. The van der Waals surface area contributed by atoms with Gasteiger partial charge in [0.05, 0.1) is 0 Å². The van der Waals surface area contributed by atoms with Crippen molar-refractivity contribution >= 4 is 29.7 Å². The molecule has 0 saturated carbocycles. The number of hydrogen-bond acceptors (Lipinski definition) is 8. The van der Waals surface area contributed by atoms with Crippen LogP contribution in [0.15, 0.2) is 0 Å². The van der Waals surface area contributed by atoms with E-state index in [0.717, 1.165) is 13.8 Å². The minimum absolute atomic E-state index is 0.238. The summed E-state index contributed by atoms with van der Waals surface area (Å²) in [4.78, 5) is 33.5. The van der Waals surface area contributed by atoms with E-state index in [-0.39, 0.29) is 6.61 Å². The number of thioether (sulfide) groups is 1. The predicted octanol–water partition coefficient (Wildman–Crippen LogP) is 1.23. The maximum absolute atomic E-state index is 14.6. The average Bonchev–Trinajstić information content (AvgIpc) is 2.43. The molecule has 0 bridgehead atoms. The Kier molecular flexibility index (Phi) is 7.77. The van der Waals surface area contributed by atoms with Gasteiger partial charge in [-0.25, -0.2) is 4.39 Å². The van der Waals surface area contributed by atoms with Crippen LogP contribution in [-0.2, 0) is 33.3 Å². The second kappa shape index (κ2) is 9.07. The Morgan fingerprint density at radius 1 is 1.04 bits per heavy atom. The first kappa shape index (κ1) is 19.7. The van der Waals surface area contributed by atoms with E-state index in [2.05, 4.69) is 0 Å². The average molecular weight is 352 g/mol. The topological polar surface area (TPSA) is 88.1 Å². The molecule has 0 amide bonds. The van der Waals surface area contributed by atoms with Crippen LogP contribution in [0, 0.1) is 0 Å². The Bertz CT molecular complexity index is 445. The van der Waals surface area contributed by atoms with Crippen molar-refractivity contribution in [2.24, 2.45) is 0 Å². The lowest BCUT2D eigenvalue weighted by atomic mass is 10.0. The minimum atomic E-state index is -1.68. The van der Waals surface area contributed by atoms with Crippen molar-refractivity contribution in [1.82, 2.24) is 0 Å². The molecule has 5 atom stereocenters. The van der Waals surface area contributed by atoms with Crippen LogP contribution in [0.3, 0.4) is 0 Å². The first-order valence-corrected chi connectivity index (χ1v) is 8.20. The Labute approximate surface area is 138 Å². The van der Waals surface area contributed by atoms with Gasteiger partial charge in [-0.15, -0.1) is 11.8 Å². The van der Waals surface area contributed by atoms with Gasteiger partial charge < -0.3 is 18.9 Å². The Morgan fingerprint density at radius 3 is 2.09 bits per heavy atom. The zero-order valence-electron chi connectivity index (χ0n) is 13.4. The standard InChI is InChI=1S/C14H21FO7S/c1-5-23-14-11(15)13(21-9(4)18)12(20-8(3)17)10(22-14)6-19-7(2)16/h10-14H,5-6H2,1-4H3/t10-,11-,12-,13-,14+/m1/s1. The van der Waals surface area contributed by atoms with Crippen molar-refractivity contribution in [2.75, 3.05) is 12.4 Å². The van der Waals surface area contributed by atoms with Gasteiger partial charge in [0.1, 0.15) is 18.1 Å². The summed E-state index contributed by atoms with van der Waals surface area (Å²) in [6, 6.07) is 0. The highest BCUT2D eigenvalue weighted by molar-refractivity contribution is 7.99. The molecule has 1 saturated heterocycles. The molecule has 0 spiro atoms. The SMILES string of the molecule is CCS[C@@H]1O[C@H](COC(C)=O)[C@@H](OC(C)=O)[C@H](OC(C)=O)[C@H]1F. The van der Waals surface area contributed by atoms with E-state index in [0.29, 0.717) is 5.75 Å². The van der Waals surface area contributed by atoms with E-state index in [1.165, 1.54) is 18.7 Å². The normalized spacial score (nSPS) is 30.4. The second-order valence-corrected chi connectivity index (χ2v) is 6.27. The molecule has 0 N–H and O–H groups in total. The fraction of sp³-hybridized carbons (Fsp3) is 0.786. The van der Waals surface area contributed by atoms with Crippen molar-refractivity contribution < 1.29 is 37.7 Å². The number of rotatable bonds is 6. The maximum Gasteiger partial charge on any atom is 0.303 e. The molecule has 0 aromatic rings. The van der Waals surface area contributed by atoms with Gasteiger partial charge >= 0.3 is 17.9 Å². The molecule has 23 heavy (non-hydrogen) atoms. The van der Waals surface area contributed by atoms with Crippen molar-refractivity contribution in [1.29, 1.82) is 0 Å². The molecule has 132 valence electrons. The van der Waals surface area contributed by atoms with Crippen LogP contribution in [-0.4, -0.2) is 60.2 Å². The molecule has 0 radical (unpaired) electrons. The third-order valence-corrected chi connectivity index (χ3v) is 3.99. The van der Waals surface area contributed by atoms with Gasteiger partial charge in [0.2, 0.25) is 0 Å². The van der Waals surface area contributed by atoms with Gasteiger partial charge in [-0.1, -0.05) is 6.92 Å². The molecule has 0 aromatic heterocycles. The van der Waals surface area contributed by atoms with Crippen molar-refractivity contribution in [3.63, 3.8) is 0 Å². The van der Waals surface area contributed by atoms with E-state index in [1.807, 2.05) is 6.92 Å². The van der Waals surface area contributed by atoms with Crippen molar-refractivity contribution in [2.45, 2.75) is 57.6 Å². The van der Waals surface area contributed by atoms with Crippen LogP contribution < -0.4 is 0 Å². The Hall–Kier alpha value is -1.35. The number of esters is 3. The zero-order chi connectivity index (χ0) is 17.6. The first-order valence-electron chi connectivity index (χ1n) is 7.15. The summed E-state index contributed by atoms with van der Waals surface area (Å²) in [7, 11) is 0. The summed E-state index contributed by atoms with van der Waals surface area (Å²) in [5.41, 5.74) is -0.920. The Morgan fingerprint density at radius 2 is 1.61 bits per heavy atom. The highest BCUT2D eigenvalue weighted by Crippen LogP contribution is 2.33. The number of hydrogen-bond donors (Lipinski definition) is 0. The molecule has 7 nitrogen and oxygen atoms in total. The number of carbonyl (C=O) groups excluding carboxylic acids is 3. The number of carbonyl (C=O) groups is 3. The first-order chi connectivity index (χ1) is 10.8. The van der Waals surface area contributed by atoms with Crippen molar-refractivity contribution in [3.8, 4) is 0 Å². The van der Waals surface area contributed by atoms with Crippen LogP contribution in [0.5, 0.6) is 0 Å². The molecule has 1 rings (SSSR count). The van der Waals surface area contributed by atoms with Gasteiger partial charge in [0, 0.05) is 20.8 Å². The van der Waals surface area contributed by atoms with Crippen LogP contribution in [0.2, 0.25) is 0 Å². The number of alkyl halides is 1. The molecule has 1 aliphatic heterocycles. The summed E-state index contributed by atoms with van der Waals surface area (Å²) in [5, 5.41) is 0.